The van der Waals surface area contributed by atoms with E-state index < -0.39 is 11.4 Å². The summed E-state index contributed by atoms with van der Waals surface area (Å²) in [5.41, 5.74) is 2.67. The zero-order valence-corrected chi connectivity index (χ0v) is 15.6. The van der Waals surface area contributed by atoms with Crippen LogP contribution >= 0.6 is 0 Å². The Kier molecular flexibility index (Phi) is 5.45. The Morgan fingerprint density at radius 3 is 2.70 bits per heavy atom. The number of carboxylic acid groups (broad SMARTS) is 1. The van der Waals surface area contributed by atoms with Gasteiger partial charge in [-0.05, 0) is 43.4 Å². The van der Waals surface area contributed by atoms with Crippen LogP contribution in [0.5, 0.6) is 0 Å². The minimum absolute atomic E-state index is 0.110. The second-order valence-corrected chi connectivity index (χ2v) is 7.32. The number of carbonyl (C=O) groups is 2. The molecule has 1 N–H and O–H groups in total. The summed E-state index contributed by atoms with van der Waals surface area (Å²) in [5, 5.41) is 9.77. The van der Waals surface area contributed by atoms with E-state index in [0.717, 1.165) is 16.7 Å². The van der Waals surface area contributed by atoms with Crippen LogP contribution in [-0.2, 0) is 4.79 Å². The number of likely N-dealkylation sites (tertiary alicyclic amines) is 1. The summed E-state index contributed by atoms with van der Waals surface area (Å²) in [6, 6.07) is 15.6. The number of hydrogen-bond acceptors (Lipinski definition) is 2. The molecule has 0 saturated carbocycles. The van der Waals surface area contributed by atoms with Gasteiger partial charge in [0.25, 0.3) is 5.91 Å². The molecule has 2 aromatic rings. The normalized spacial score (nSPS) is 19.5. The van der Waals surface area contributed by atoms with Crippen LogP contribution in [0.25, 0.3) is 11.1 Å². The Balaban J connectivity index is 1.95. The lowest BCUT2D eigenvalue weighted by Crippen LogP contribution is -2.49. The minimum Gasteiger partial charge on any atom is -0.481 e. The number of amides is 1. The fraction of sp³-hybridized carbons (Fsp3) is 0.304. The zero-order chi connectivity index (χ0) is 19.4. The fourth-order valence-corrected chi connectivity index (χ4v) is 3.91. The van der Waals surface area contributed by atoms with Crippen molar-refractivity contribution in [2.75, 3.05) is 13.1 Å². The van der Waals surface area contributed by atoms with Crippen molar-refractivity contribution in [2.45, 2.75) is 26.2 Å². The van der Waals surface area contributed by atoms with E-state index >= 15 is 0 Å². The first-order valence-corrected chi connectivity index (χ1v) is 9.26. The molecule has 4 heteroatoms. The molecule has 0 aromatic heterocycles. The number of allylic oxidation sites excluding steroid dienone is 1. The first kappa shape index (κ1) is 18.9. The Labute approximate surface area is 160 Å². The molecule has 0 unspecified atom stereocenters. The number of nitrogens with zero attached hydrogens (tertiary/aromatic N) is 1. The molecule has 1 aliphatic heterocycles. The van der Waals surface area contributed by atoms with Crippen molar-refractivity contribution in [3.05, 3.63) is 72.3 Å². The van der Waals surface area contributed by atoms with Crippen LogP contribution in [0.1, 0.15) is 35.2 Å². The molecule has 0 aliphatic carbocycles. The number of benzene rings is 2. The number of carbonyl (C=O) groups excluding carboxylic acids is 1. The second kappa shape index (κ2) is 7.78. The minimum atomic E-state index is -0.937. The lowest BCUT2D eigenvalue weighted by Gasteiger charge is -2.39. The molecule has 0 bridgehead atoms. The monoisotopic (exact) mass is 363 g/mol. The number of piperidine rings is 1. The maximum absolute atomic E-state index is 13.3. The molecule has 1 atom stereocenters. The molecule has 1 saturated heterocycles. The summed E-state index contributed by atoms with van der Waals surface area (Å²) >= 11 is 0. The maximum Gasteiger partial charge on any atom is 0.311 e. The van der Waals surface area contributed by atoms with Gasteiger partial charge in [0, 0.05) is 18.7 Å². The first-order valence-electron chi connectivity index (χ1n) is 9.26. The first-order chi connectivity index (χ1) is 13.0. The summed E-state index contributed by atoms with van der Waals surface area (Å²) in [4.78, 5) is 26.9. The molecule has 1 amide bonds. The maximum atomic E-state index is 13.3. The van der Waals surface area contributed by atoms with Gasteiger partial charge in [0.2, 0.25) is 0 Å². The predicted octanol–water partition coefficient (Wildman–Crippen LogP) is 4.55. The van der Waals surface area contributed by atoms with E-state index in [1.54, 1.807) is 11.0 Å². The number of rotatable bonds is 5. The van der Waals surface area contributed by atoms with E-state index in [4.69, 9.17) is 0 Å². The van der Waals surface area contributed by atoms with Crippen molar-refractivity contribution < 1.29 is 14.7 Å². The van der Waals surface area contributed by atoms with Crippen molar-refractivity contribution in [3.63, 3.8) is 0 Å². The lowest BCUT2D eigenvalue weighted by molar-refractivity contribution is -0.151. The van der Waals surface area contributed by atoms with E-state index in [0.29, 0.717) is 31.4 Å². The van der Waals surface area contributed by atoms with E-state index in [9.17, 15) is 14.7 Å². The molecule has 3 rings (SSSR count). The molecule has 1 heterocycles. The van der Waals surface area contributed by atoms with Gasteiger partial charge in [-0.1, -0.05) is 54.1 Å². The van der Waals surface area contributed by atoms with Gasteiger partial charge in [-0.15, -0.1) is 6.58 Å². The number of aliphatic carboxylic acids is 1. The highest BCUT2D eigenvalue weighted by Crippen LogP contribution is 2.35. The fourth-order valence-electron chi connectivity index (χ4n) is 3.91. The zero-order valence-electron chi connectivity index (χ0n) is 15.6. The van der Waals surface area contributed by atoms with Gasteiger partial charge in [0.1, 0.15) is 0 Å². The predicted molar refractivity (Wildman–Crippen MR) is 107 cm³/mol. The lowest BCUT2D eigenvalue weighted by atomic mass is 9.77. The summed E-state index contributed by atoms with van der Waals surface area (Å²) in [6.07, 6.45) is 3.25. The van der Waals surface area contributed by atoms with Gasteiger partial charge in [0.15, 0.2) is 0 Å². The summed E-state index contributed by atoms with van der Waals surface area (Å²) in [7, 11) is 0. The van der Waals surface area contributed by atoms with Crippen molar-refractivity contribution in [1.29, 1.82) is 0 Å². The van der Waals surface area contributed by atoms with E-state index in [2.05, 4.69) is 12.6 Å². The Hall–Kier alpha value is -2.88. The summed E-state index contributed by atoms with van der Waals surface area (Å²) < 4.78 is 0. The van der Waals surface area contributed by atoms with Crippen LogP contribution in [-0.4, -0.2) is 35.0 Å². The molecular formula is C23H25NO3. The summed E-state index contributed by atoms with van der Waals surface area (Å²) in [6.45, 7) is 6.52. The molecule has 0 radical (unpaired) electrons. The van der Waals surface area contributed by atoms with Crippen LogP contribution in [0, 0.1) is 12.3 Å². The van der Waals surface area contributed by atoms with E-state index in [1.165, 1.54) is 0 Å². The van der Waals surface area contributed by atoms with Crippen molar-refractivity contribution in [1.82, 2.24) is 4.90 Å². The number of hydrogen-bond donors (Lipinski definition) is 1. The third-order valence-electron chi connectivity index (χ3n) is 5.34. The second-order valence-electron chi connectivity index (χ2n) is 7.32. The van der Waals surface area contributed by atoms with E-state index in [1.807, 2.05) is 49.4 Å². The Bertz CT molecular complexity index is 873. The topological polar surface area (TPSA) is 57.6 Å². The van der Waals surface area contributed by atoms with E-state index in [-0.39, 0.29) is 12.5 Å². The van der Waals surface area contributed by atoms with Gasteiger partial charge in [-0.25, -0.2) is 0 Å². The van der Waals surface area contributed by atoms with Crippen LogP contribution in [0.3, 0.4) is 0 Å². The smallest absolute Gasteiger partial charge is 0.311 e. The van der Waals surface area contributed by atoms with Crippen molar-refractivity contribution in [3.8, 4) is 11.1 Å². The average Bonchev–Trinajstić information content (AvgIpc) is 2.68. The van der Waals surface area contributed by atoms with Crippen molar-refractivity contribution >= 4 is 11.9 Å². The molecule has 0 spiro atoms. The average molecular weight is 363 g/mol. The number of carboxylic acids is 1. The van der Waals surface area contributed by atoms with Crippen LogP contribution in [0.2, 0.25) is 0 Å². The third-order valence-corrected chi connectivity index (χ3v) is 5.34. The third kappa shape index (κ3) is 3.80. The molecular weight excluding hydrogens is 338 g/mol. The van der Waals surface area contributed by atoms with Crippen LogP contribution in [0.15, 0.2) is 61.2 Å². The highest BCUT2D eigenvalue weighted by molar-refractivity contribution is 6.01. The van der Waals surface area contributed by atoms with Crippen LogP contribution in [0.4, 0.5) is 0 Å². The molecule has 4 nitrogen and oxygen atoms in total. The summed E-state index contributed by atoms with van der Waals surface area (Å²) in [5.74, 6) is -0.964. The van der Waals surface area contributed by atoms with Crippen molar-refractivity contribution in [2.24, 2.45) is 5.41 Å². The SMILES string of the molecule is C=CC[C@]1(C(=O)O)CCCN(C(=O)c2ccccc2-c2cccc(C)c2)C1. The molecule has 1 fully saturated rings. The van der Waals surface area contributed by atoms with Crippen LogP contribution < -0.4 is 0 Å². The van der Waals surface area contributed by atoms with Gasteiger partial charge < -0.3 is 10.0 Å². The Morgan fingerprint density at radius 1 is 1.22 bits per heavy atom. The Morgan fingerprint density at radius 2 is 2.00 bits per heavy atom. The highest BCUT2D eigenvalue weighted by Gasteiger charge is 2.42. The van der Waals surface area contributed by atoms with Gasteiger partial charge in [-0.3, -0.25) is 9.59 Å². The molecule has 27 heavy (non-hydrogen) atoms. The van der Waals surface area contributed by atoms with Gasteiger partial charge in [-0.2, -0.15) is 0 Å². The largest absolute Gasteiger partial charge is 0.481 e. The number of aryl methyl sites for hydroxylation is 1. The molecule has 1 aliphatic rings. The quantitative estimate of drug-likeness (QED) is 0.793. The molecule has 2 aromatic carbocycles. The highest BCUT2D eigenvalue weighted by atomic mass is 16.4. The van der Waals surface area contributed by atoms with Gasteiger partial charge in [0.05, 0.1) is 5.41 Å². The molecule has 140 valence electrons. The standard InChI is InChI=1S/C23H25NO3/c1-3-12-23(22(26)27)13-7-14-24(16-23)21(25)20-11-5-4-10-19(20)18-9-6-8-17(2)15-18/h3-6,8-11,15H,1,7,12-14,16H2,2H3,(H,26,27)/t23-/m0/s1. The van der Waals surface area contributed by atoms with Gasteiger partial charge >= 0.3 is 5.97 Å².